The Bertz CT molecular complexity index is 1490. The quantitative estimate of drug-likeness (QED) is 0.364. The summed E-state index contributed by atoms with van der Waals surface area (Å²) in [7, 11) is 0. The first-order valence-electron chi connectivity index (χ1n) is 13.0. The van der Waals surface area contributed by atoms with Crippen molar-refractivity contribution in [1.82, 2.24) is 20.2 Å². The molecule has 5 rings (SSSR count). The number of nitrogens with zero attached hydrogens (tertiary/aromatic N) is 3. The Hall–Kier alpha value is -3.74. The van der Waals surface area contributed by atoms with Crippen molar-refractivity contribution >= 4 is 29.4 Å². The van der Waals surface area contributed by atoms with Gasteiger partial charge in [-0.1, -0.05) is 23.7 Å². The van der Waals surface area contributed by atoms with Gasteiger partial charge in [0.15, 0.2) is 5.82 Å². The van der Waals surface area contributed by atoms with Crippen molar-refractivity contribution in [3.8, 4) is 11.3 Å². The standard InChI is InChI=1S/C28H27ClF3N5O4/c1-14(26(39)35-22(13-38)15-3-5-20(30)19(29)10-15)37-12-16-2-4-18(24(32)23(16)27(37)40)25-21(31)11-33-28(36-25)34-17-6-8-41-9-7-17/h2-5,10-11,14,17,22,38H,6-9,12-13H2,1H3,(H,35,39)(H,33,34,36)/t14-,22-/m1/s1. The van der Waals surface area contributed by atoms with Crippen molar-refractivity contribution in [1.29, 1.82) is 0 Å². The molecule has 2 aliphatic rings. The third kappa shape index (κ3) is 5.85. The molecule has 2 aliphatic heterocycles. The number of aliphatic hydroxyl groups is 1. The van der Waals surface area contributed by atoms with Crippen molar-refractivity contribution < 1.29 is 32.6 Å². The highest BCUT2D eigenvalue weighted by atomic mass is 35.5. The molecule has 0 bridgehead atoms. The summed E-state index contributed by atoms with van der Waals surface area (Å²) in [5.41, 5.74) is -0.0861. The van der Waals surface area contributed by atoms with Crippen molar-refractivity contribution in [3.63, 3.8) is 0 Å². The van der Waals surface area contributed by atoms with Crippen LogP contribution in [0.1, 0.15) is 47.3 Å². The van der Waals surface area contributed by atoms with Gasteiger partial charge in [0.1, 0.15) is 23.4 Å². The number of nitrogens with one attached hydrogen (secondary N) is 2. The second kappa shape index (κ2) is 12.0. The minimum absolute atomic E-state index is 0.0279. The predicted molar refractivity (Wildman–Crippen MR) is 144 cm³/mol. The summed E-state index contributed by atoms with van der Waals surface area (Å²) in [6, 6.07) is 4.66. The first-order valence-corrected chi connectivity index (χ1v) is 13.4. The number of aliphatic hydroxyl groups excluding tert-OH is 1. The zero-order valence-electron chi connectivity index (χ0n) is 22.0. The van der Waals surface area contributed by atoms with Gasteiger partial charge >= 0.3 is 0 Å². The number of halogens is 4. The molecule has 0 radical (unpaired) electrons. The van der Waals surface area contributed by atoms with Crippen LogP contribution in [0.3, 0.4) is 0 Å². The van der Waals surface area contributed by atoms with Gasteiger partial charge < -0.3 is 25.4 Å². The fourth-order valence-corrected chi connectivity index (χ4v) is 5.11. The maximum Gasteiger partial charge on any atom is 0.258 e. The van der Waals surface area contributed by atoms with E-state index >= 15 is 4.39 Å². The molecule has 0 aliphatic carbocycles. The molecular formula is C28H27ClF3N5O4. The van der Waals surface area contributed by atoms with E-state index in [1.807, 2.05) is 0 Å². The van der Waals surface area contributed by atoms with Crippen LogP contribution >= 0.6 is 11.6 Å². The Morgan fingerprint density at radius 2 is 1.95 bits per heavy atom. The van der Waals surface area contributed by atoms with Crippen LogP contribution in [0.2, 0.25) is 5.02 Å². The third-order valence-electron chi connectivity index (χ3n) is 7.29. The summed E-state index contributed by atoms with van der Waals surface area (Å²) in [5.74, 6) is -3.70. The Labute approximate surface area is 238 Å². The zero-order chi connectivity index (χ0) is 29.3. The van der Waals surface area contributed by atoms with Crippen molar-refractivity contribution in [2.75, 3.05) is 25.1 Å². The van der Waals surface area contributed by atoms with E-state index in [4.69, 9.17) is 16.3 Å². The van der Waals surface area contributed by atoms with Crippen LogP contribution in [0.5, 0.6) is 0 Å². The highest BCUT2D eigenvalue weighted by Gasteiger charge is 2.38. The number of amides is 2. The first-order chi connectivity index (χ1) is 19.7. The second-order valence-corrected chi connectivity index (χ2v) is 10.3. The smallest absolute Gasteiger partial charge is 0.258 e. The number of anilines is 1. The molecule has 41 heavy (non-hydrogen) atoms. The lowest BCUT2D eigenvalue weighted by molar-refractivity contribution is -0.126. The van der Waals surface area contributed by atoms with Gasteiger partial charge in [0.2, 0.25) is 11.9 Å². The fraction of sp³-hybridized carbons (Fsp3) is 0.357. The van der Waals surface area contributed by atoms with E-state index in [1.54, 1.807) is 0 Å². The van der Waals surface area contributed by atoms with Gasteiger partial charge in [0.05, 0.1) is 29.4 Å². The maximum atomic E-state index is 15.8. The maximum absolute atomic E-state index is 15.8. The number of carbonyl (C=O) groups excluding carboxylic acids is 2. The van der Waals surface area contributed by atoms with Crippen molar-refractivity contribution in [2.24, 2.45) is 0 Å². The molecule has 1 fully saturated rings. The summed E-state index contributed by atoms with van der Waals surface area (Å²) in [6.45, 7) is 2.03. The summed E-state index contributed by atoms with van der Waals surface area (Å²) < 4.78 is 49.4. The molecule has 2 atom stereocenters. The number of rotatable bonds is 8. The number of aromatic nitrogens is 2. The van der Waals surface area contributed by atoms with Gasteiger partial charge in [-0.15, -0.1) is 0 Å². The average Bonchev–Trinajstić information content (AvgIpc) is 3.31. The normalized spacial score (nSPS) is 16.8. The predicted octanol–water partition coefficient (Wildman–Crippen LogP) is 4.00. The van der Waals surface area contributed by atoms with Crippen LogP contribution in [0.25, 0.3) is 11.3 Å². The number of benzene rings is 2. The molecule has 3 aromatic rings. The summed E-state index contributed by atoms with van der Waals surface area (Å²) in [6.07, 6.45) is 2.38. The summed E-state index contributed by atoms with van der Waals surface area (Å²) in [5, 5.41) is 15.4. The Morgan fingerprint density at radius 1 is 1.20 bits per heavy atom. The average molecular weight is 590 g/mol. The topological polar surface area (TPSA) is 117 Å². The molecule has 0 unspecified atom stereocenters. The molecule has 3 heterocycles. The number of hydrogen-bond donors (Lipinski definition) is 3. The lowest BCUT2D eigenvalue weighted by Crippen LogP contribution is -2.46. The van der Waals surface area contributed by atoms with Crippen LogP contribution in [0, 0.1) is 17.5 Å². The summed E-state index contributed by atoms with van der Waals surface area (Å²) >= 11 is 5.83. The van der Waals surface area contributed by atoms with E-state index in [0.29, 0.717) is 24.3 Å². The van der Waals surface area contributed by atoms with E-state index in [-0.39, 0.29) is 40.4 Å². The molecular weight excluding hydrogens is 563 g/mol. The van der Waals surface area contributed by atoms with Gasteiger partial charge in [-0.3, -0.25) is 9.59 Å². The van der Waals surface area contributed by atoms with Gasteiger partial charge in [0, 0.05) is 31.4 Å². The molecule has 2 amide bonds. The van der Waals surface area contributed by atoms with E-state index in [1.165, 1.54) is 36.1 Å². The van der Waals surface area contributed by atoms with Gasteiger partial charge in [-0.25, -0.2) is 23.1 Å². The SMILES string of the molecule is C[C@H](C(=O)N[C@H](CO)c1ccc(F)c(Cl)c1)N1Cc2ccc(-c3nc(NC4CCOCC4)ncc3F)c(F)c2C1=O. The summed E-state index contributed by atoms with van der Waals surface area (Å²) in [4.78, 5) is 35.7. The van der Waals surface area contributed by atoms with E-state index in [2.05, 4.69) is 20.6 Å². The van der Waals surface area contributed by atoms with Crippen LogP contribution < -0.4 is 10.6 Å². The lowest BCUT2D eigenvalue weighted by Gasteiger charge is -2.26. The van der Waals surface area contributed by atoms with Crippen molar-refractivity contribution in [3.05, 3.63) is 75.7 Å². The Morgan fingerprint density at radius 3 is 2.66 bits per heavy atom. The second-order valence-electron chi connectivity index (χ2n) is 9.91. The van der Waals surface area contributed by atoms with Gasteiger partial charge in [-0.2, -0.15) is 0 Å². The Balaban J connectivity index is 1.34. The van der Waals surface area contributed by atoms with E-state index in [9.17, 15) is 23.5 Å². The van der Waals surface area contributed by atoms with Gasteiger partial charge in [-0.05, 0) is 49.1 Å². The van der Waals surface area contributed by atoms with Crippen molar-refractivity contribution in [2.45, 2.75) is 44.4 Å². The number of carbonyl (C=O) groups is 2. The number of ether oxygens (including phenoxy) is 1. The minimum atomic E-state index is -1.06. The zero-order valence-corrected chi connectivity index (χ0v) is 22.7. The van der Waals surface area contributed by atoms with Crippen LogP contribution in [-0.4, -0.2) is 63.7 Å². The highest BCUT2D eigenvalue weighted by molar-refractivity contribution is 6.30. The monoisotopic (exact) mass is 589 g/mol. The fourth-order valence-electron chi connectivity index (χ4n) is 4.92. The van der Waals surface area contributed by atoms with Crippen LogP contribution in [0.4, 0.5) is 19.1 Å². The lowest BCUT2D eigenvalue weighted by atomic mass is 10.0. The molecule has 0 saturated carbocycles. The van der Waals surface area contributed by atoms with E-state index in [0.717, 1.165) is 25.1 Å². The molecule has 1 saturated heterocycles. The molecule has 216 valence electrons. The third-order valence-corrected chi connectivity index (χ3v) is 7.58. The van der Waals surface area contributed by atoms with Gasteiger partial charge in [0.25, 0.3) is 5.91 Å². The number of fused-ring (bicyclic) bond motifs is 1. The van der Waals surface area contributed by atoms with Crippen LogP contribution in [0.15, 0.2) is 36.5 Å². The number of hydrogen-bond acceptors (Lipinski definition) is 7. The molecule has 13 heteroatoms. The highest BCUT2D eigenvalue weighted by Crippen LogP contribution is 2.34. The van der Waals surface area contributed by atoms with Crippen LogP contribution in [-0.2, 0) is 16.1 Å². The molecule has 0 spiro atoms. The molecule has 2 aromatic carbocycles. The molecule has 9 nitrogen and oxygen atoms in total. The molecule has 1 aromatic heterocycles. The Kier molecular flexibility index (Phi) is 8.43. The van der Waals surface area contributed by atoms with E-state index < -0.39 is 48.0 Å². The molecule has 3 N–H and O–H groups in total. The largest absolute Gasteiger partial charge is 0.394 e. The first kappa shape index (κ1) is 28.8. The minimum Gasteiger partial charge on any atom is -0.394 e.